The molecule has 1 saturated heterocycles. The second kappa shape index (κ2) is 6.59. The third-order valence-electron chi connectivity index (χ3n) is 4.05. The van der Waals surface area contributed by atoms with Gasteiger partial charge in [-0.05, 0) is 24.5 Å². The summed E-state index contributed by atoms with van der Waals surface area (Å²) in [7, 11) is 0. The fraction of sp³-hybridized carbons (Fsp3) is 0.353. The van der Waals surface area contributed by atoms with E-state index in [-0.39, 0.29) is 0 Å². The molecule has 0 bridgehead atoms. The van der Waals surface area contributed by atoms with Crippen molar-refractivity contribution in [1.82, 2.24) is 9.88 Å². The van der Waals surface area contributed by atoms with Gasteiger partial charge in [-0.2, -0.15) is 0 Å². The van der Waals surface area contributed by atoms with Gasteiger partial charge in [0.05, 0.1) is 17.6 Å². The van der Waals surface area contributed by atoms with Crippen LogP contribution < -0.4 is 11.1 Å². The molecular formula is C17H22N4. The quantitative estimate of drug-likeness (QED) is 0.905. The summed E-state index contributed by atoms with van der Waals surface area (Å²) < 4.78 is 0. The molecule has 1 aliphatic heterocycles. The summed E-state index contributed by atoms with van der Waals surface area (Å²) >= 11 is 0. The largest absolute Gasteiger partial charge is 0.397 e. The minimum Gasteiger partial charge on any atom is -0.397 e. The standard InChI is InChI=1S/C17H22N4/c18-16-6-9-19-12-17(16)20-15-7-10-21(11-8-15)13-14-4-2-1-3-5-14/h1-6,9,12,15,20H,7-8,10-11,13H2,(H2,18,19). The van der Waals surface area contributed by atoms with Crippen LogP contribution in [0.4, 0.5) is 11.4 Å². The molecule has 0 amide bonds. The van der Waals surface area contributed by atoms with Crippen LogP contribution in [0.5, 0.6) is 0 Å². The van der Waals surface area contributed by atoms with E-state index in [1.165, 1.54) is 5.56 Å². The van der Waals surface area contributed by atoms with E-state index in [9.17, 15) is 0 Å². The van der Waals surface area contributed by atoms with Gasteiger partial charge in [0.1, 0.15) is 0 Å². The smallest absolute Gasteiger partial charge is 0.0762 e. The fourth-order valence-corrected chi connectivity index (χ4v) is 2.82. The van der Waals surface area contributed by atoms with E-state index in [4.69, 9.17) is 5.73 Å². The molecule has 21 heavy (non-hydrogen) atoms. The van der Waals surface area contributed by atoms with Crippen LogP contribution in [0.3, 0.4) is 0 Å². The van der Waals surface area contributed by atoms with E-state index in [2.05, 4.69) is 45.5 Å². The molecule has 0 atom stereocenters. The Labute approximate surface area is 126 Å². The van der Waals surface area contributed by atoms with Crippen LogP contribution in [-0.4, -0.2) is 29.0 Å². The number of benzene rings is 1. The number of anilines is 2. The van der Waals surface area contributed by atoms with Crippen LogP contribution in [0.15, 0.2) is 48.8 Å². The van der Waals surface area contributed by atoms with Gasteiger partial charge in [0.25, 0.3) is 0 Å². The highest BCUT2D eigenvalue weighted by Gasteiger charge is 2.19. The topological polar surface area (TPSA) is 54.2 Å². The van der Waals surface area contributed by atoms with Crippen molar-refractivity contribution in [3.8, 4) is 0 Å². The molecule has 110 valence electrons. The zero-order chi connectivity index (χ0) is 14.5. The number of piperidine rings is 1. The fourth-order valence-electron chi connectivity index (χ4n) is 2.82. The van der Waals surface area contributed by atoms with Crippen LogP contribution in [-0.2, 0) is 6.54 Å². The molecule has 0 unspecified atom stereocenters. The zero-order valence-corrected chi connectivity index (χ0v) is 12.2. The van der Waals surface area contributed by atoms with Crippen molar-refractivity contribution in [3.05, 3.63) is 54.4 Å². The monoisotopic (exact) mass is 282 g/mol. The van der Waals surface area contributed by atoms with Crippen molar-refractivity contribution >= 4 is 11.4 Å². The predicted molar refractivity (Wildman–Crippen MR) is 87.0 cm³/mol. The highest BCUT2D eigenvalue weighted by atomic mass is 15.1. The van der Waals surface area contributed by atoms with E-state index in [1.807, 2.05) is 12.3 Å². The Balaban J connectivity index is 1.50. The maximum atomic E-state index is 5.95. The lowest BCUT2D eigenvalue weighted by Gasteiger charge is -2.33. The van der Waals surface area contributed by atoms with Crippen molar-refractivity contribution < 1.29 is 0 Å². The maximum Gasteiger partial charge on any atom is 0.0762 e. The highest BCUT2D eigenvalue weighted by molar-refractivity contribution is 5.64. The number of rotatable bonds is 4. The van der Waals surface area contributed by atoms with E-state index in [1.54, 1.807) is 6.20 Å². The number of nitrogens with zero attached hydrogens (tertiary/aromatic N) is 2. The molecular weight excluding hydrogens is 260 g/mol. The number of nitrogens with two attached hydrogens (primary N) is 1. The average Bonchev–Trinajstić information content (AvgIpc) is 2.52. The Bertz CT molecular complexity index is 562. The normalized spacial score (nSPS) is 16.8. The average molecular weight is 282 g/mol. The third-order valence-corrected chi connectivity index (χ3v) is 4.05. The number of aromatic nitrogens is 1. The maximum absolute atomic E-state index is 5.95. The molecule has 1 fully saturated rings. The Morgan fingerprint density at radius 2 is 1.90 bits per heavy atom. The van der Waals surface area contributed by atoms with Crippen molar-refractivity contribution in [2.75, 3.05) is 24.1 Å². The lowest BCUT2D eigenvalue weighted by atomic mass is 10.0. The highest BCUT2D eigenvalue weighted by Crippen LogP contribution is 2.21. The summed E-state index contributed by atoms with van der Waals surface area (Å²) in [4.78, 5) is 6.64. The number of nitrogen functional groups attached to an aromatic ring is 1. The Morgan fingerprint density at radius 1 is 1.14 bits per heavy atom. The van der Waals surface area contributed by atoms with E-state index in [0.29, 0.717) is 6.04 Å². The molecule has 3 N–H and O–H groups in total. The number of hydrogen-bond donors (Lipinski definition) is 2. The minimum absolute atomic E-state index is 0.489. The zero-order valence-electron chi connectivity index (χ0n) is 12.2. The number of pyridine rings is 1. The van der Waals surface area contributed by atoms with Crippen molar-refractivity contribution in [1.29, 1.82) is 0 Å². The molecule has 0 radical (unpaired) electrons. The molecule has 1 aliphatic rings. The van der Waals surface area contributed by atoms with Crippen LogP contribution in [0.2, 0.25) is 0 Å². The van der Waals surface area contributed by atoms with Gasteiger partial charge in [0.15, 0.2) is 0 Å². The summed E-state index contributed by atoms with van der Waals surface area (Å²) in [5.41, 5.74) is 9.08. The minimum atomic E-state index is 0.489. The van der Waals surface area contributed by atoms with Gasteiger partial charge >= 0.3 is 0 Å². The number of likely N-dealkylation sites (tertiary alicyclic amines) is 1. The number of hydrogen-bond acceptors (Lipinski definition) is 4. The SMILES string of the molecule is Nc1ccncc1NC1CCN(Cc2ccccc2)CC1. The summed E-state index contributed by atoms with van der Waals surface area (Å²) in [6.07, 6.45) is 5.82. The van der Waals surface area contributed by atoms with Crippen molar-refractivity contribution in [3.63, 3.8) is 0 Å². The second-order valence-corrected chi connectivity index (χ2v) is 5.64. The predicted octanol–water partition coefficient (Wildman–Crippen LogP) is 2.74. The first-order valence-corrected chi connectivity index (χ1v) is 7.53. The van der Waals surface area contributed by atoms with Gasteiger partial charge in [-0.3, -0.25) is 9.88 Å². The molecule has 1 aromatic heterocycles. The Kier molecular flexibility index (Phi) is 4.36. The molecule has 1 aromatic carbocycles. The van der Waals surface area contributed by atoms with E-state index >= 15 is 0 Å². The first kappa shape index (κ1) is 13.9. The summed E-state index contributed by atoms with van der Waals surface area (Å²) in [6.45, 7) is 3.28. The second-order valence-electron chi connectivity index (χ2n) is 5.64. The van der Waals surface area contributed by atoms with Gasteiger partial charge in [-0.25, -0.2) is 0 Å². The van der Waals surface area contributed by atoms with Crippen LogP contribution >= 0.6 is 0 Å². The lowest BCUT2D eigenvalue weighted by molar-refractivity contribution is 0.211. The lowest BCUT2D eigenvalue weighted by Crippen LogP contribution is -2.38. The van der Waals surface area contributed by atoms with Crippen molar-refractivity contribution in [2.45, 2.75) is 25.4 Å². The van der Waals surface area contributed by atoms with Gasteiger partial charge < -0.3 is 11.1 Å². The van der Waals surface area contributed by atoms with Crippen LogP contribution in [0, 0.1) is 0 Å². The summed E-state index contributed by atoms with van der Waals surface area (Å²) in [5.74, 6) is 0. The van der Waals surface area contributed by atoms with Gasteiger partial charge in [-0.1, -0.05) is 30.3 Å². The molecule has 3 rings (SSSR count). The first-order valence-electron chi connectivity index (χ1n) is 7.53. The molecule has 0 aliphatic carbocycles. The van der Waals surface area contributed by atoms with Crippen LogP contribution in [0.25, 0.3) is 0 Å². The Hall–Kier alpha value is -2.07. The molecule has 4 heteroatoms. The Morgan fingerprint density at radius 3 is 2.62 bits per heavy atom. The summed E-state index contributed by atoms with van der Waals surface area (Å²) in [6, 6.07) is 13.0. The van der Waals surface area contributed by atoms with Crippen molar-refractivity contribution in [2.24, 2.45) is 0 Å². The third kappa shape index (κ3) is 3.73. The molecule has 0 saturated carbocycles. The first-order chi connectivity index (χ1) is 10.3. The van der Waals surface area contributed by atoms with E-state index in [0.717, 1.165) is 43.9 Å². The van der Waals surface area contributed by atoms with Crippen LogP contribution in [0.1, 0.15) is 18.4 Å². The molecule has 4 nitrogen and oxygen atoms in total. The van der Waals surface area contributed by atoms with Gasteiger partial charge in [0, 0.05) is 31.9 Å². The van der Waals surface area contributed by atoms with Gasteiger partial charge in [0.2, 0.25) is 0 Å². The van der Waals surface area contributed by atoms with Gasteiger partial charge in [-0.15, -0.1) is 0 Å². The molecule has 0 spiro atoms. The number of nitrogens with one attached hydrogen (secondary N) is 1. The molecule has 2 aromatic rings. The molecule has 2 heterocycles. The summed E-state index contributed by atoms with van der Waals surface area (Å²) in [5, 5.41) is 3.52. The van der Waals surface area contributed by atoms with E-state index < -0.39 is 0 Å².